The SMILES string of the molecule is CCC1CS(=O)(=O)CC(C2CCOC2)N1. The maximum Gasteiger partial charge on any atom is 0.153 e. The molecule has 5 heteroatoms. The van der Waals surface area contributed by atoms with E-state index in [4.69, 9.17) is 4.74 Å². The second-order valence-electron chi connectivity index (χ2n) is 4.58. The molecule has 2 aliphatic heterocycles. The van der Waals surface area contributed by atoms with Gasteiger partial charge in [0.1, 0.15) is 0 Å². The predicted octanol–water partition coefficient (Wildman–Crippen LogP) is 0.188. The van der Waals surface area contributed by atoms with Gasteiger partial charge >= 0.3 is 0 Å². The third-order valence-electron chi connectivity index (χ3n) is 3.37. The summed E-state index contributed by atoms with van der Waals surface area (Å²) in [4.78, 5) is 0. The van der Waals surface area contributed by atoms with E-state index in [-0.39, 0.29) is 17.8 Å². The summed E-state index contributed by atoms with van der Waals surface area (Å²) in [5, 5.41) is 3.44. The number of sulfone groups is 1. The lowest BCUT2D eigenvalue weighted by molar-refractivity contribution is 0.176. The van der Waals surface area contributed by atoms with Crippen LogP contribution in [0.4, 0.5) is 0 Å². The van der Waals surface area contributed by atoms with Crippen LogP contribution in [0, 0.1) is 5.92 Å². The Labute approximate surface area is 91.3 Å². The lowest BCUT2D eigenvalue weighted by Crippen LogP contribution is -2.54. The molecule has 2 rings (SSSR count). The van der Waals surface area contributed by atoms with Gasteiger partial charge in [0.25, 0.3) is 0 Å². The Balaban J connectivity index is 2.05. The highest BCUT2D eigenvalue weighted by Gasteiger charge is 2.36. The summed E-state index contributed by atoms with van der Waals surface area (Å²) in [5.74, 6) is 0.972. The summed E-state index contributed by atoms with van der Waals surface area (Å²) in [6.45, 7) is 3.52. The first kappa shape index (κ1) is 11.4. The van der Waals surface area contributed by atoms with Crippen molar-refractivity contribution in [2.24, 2.45) is 5.92 Å². The summed E-state index contributed by atoms with van der Waals surface area (Å²) in [6, 6.07) is 0.241. The Morgan fingerprint density at radius 1 is 1.40 bits per heavy atom. The fourth-order valence-electron chi connectivity index (χ4n) is 2.43. The largest absolute Gasteiger partial charge is 0.381 e. The number of hydrogen-bond acceptors (Lipinski definition) is 4. The van der Waals surface area contributed by atoms with Gasteiger partial charge in [0.05, 0.1) is 18.1 Å². The molecular weight excluding hydrogens is 214 g/mol. The van der Waals surface area contributed by atoms with E-state index < -0.39 is 9.84 Å². The zero-order valence-corrected chi connectivity index (χ0v) is 9.92. The molecule has 2 fully saturated rings. The Morgan fingerprint density at radius 2 is 2.20 bits per heavy atom. The Morgan fingerprint density at radius 3 is 2.80 bits per heavy atom. The summed E-state index contributed by atoms with van der Waals surface area (Å²) in [7, 11) is -2.85. The van der Waals surface area contributed by atoms with Gasteiger partial charge in [-0.25, -0.2) is 8.42 Å². The molecule has 0 spiro atoms. The molecule has 0 aromatic carbocycles. The molecule has 0 aromatic heterocycles. The molecular formula is C10H19NO3S. The van der Waals surface area contributed by atoms with Crippen LogP contribution in [0.2, 0.25) is 0 Å². The zero-order valence-electron chi connectivity index (χ0n) is 9.11. The molecule has 1 N–H and O–H groups in total. The molecule has 0 aliphatic carbocycles. The van der Waals surface area contributed by atoms with Gasteiger partial charge in [-0.15, -0.1) is 0 Å². The van der Waals surface area contributed by atoms with Crippen molar-refractivity contribution < 1.29 is 13.2 Å². The van der Waals surface area contributed by atoms with Crippen molar-refractivity contribution in [2.45, 2.75) is 31.8 Å². The molecule has 2 heterocycles. The lowest BCUT2D eigenvalue weighted by atomic mass is 9.99. The summed E-state index contributed by atoms with van der Waals surface area (Å²) in [5.41, 5.74) is 0. The van der Waals surface area contributed by atoms with E-state index in [9.17, 15) is 8.42 Å². The van der Waals surface area contributed by atoms with Crippen LogP contribution in [0.3, 0.4) is 0 Å². The fourth-order valence-corrected chi connectivity index (χ4v) is 4.42. The molecule has 3 atom stereocenters. The van der Waals surface area contributed by atoms with E-state index in [0.717, 1.165) is 19.4 Å². The standard InChI is InChI=1S/C10H19NO3S/c1-2-9-6-15(12,13)7-10(11-9)8-3-4-14-5-8/h8-11H,2-7H2,1H3. The van der Waals surface area contributed by atoms with Gasteiger partial charge in [0, 0.05) is 24.6 Å². The average molecular weight is 233 g/mol. The number of nitrogens with one attached hydrogen (secondary N) is 1. The summed E-state index contributed by atoms with van der Waals surface area (Å²) >= 11 is 0. The van der Waals surface area contributed by atoms with Crippen LogP contribution in [0.15, 0.2) is 0 Å². The van der Waals surface area contributed by atoms with Gasteiger partial charge in [0.15, 0.2) is 9.84 Å². The molecule has 15 heavy (non-hydrogen) atoms. The molecule has 3 unspecified atom stereocenters. The summed E-state index contributed by atoms with van der Waals surface area (Å²) in [6.07, 6.45) is 1.87. The summed E-state index contributed by atoms with van der Waals surface area (Å²) < 4.78 is 28.7. The van der Waals surface area contributed by atoms with Crippen LogP contribution >= 0.6 is 0 Å². The quantitative estimate of drug-likeness (QED) is 0.739. The number of rotatable bonds is 2. The van der Waals surface area contributed by atoms with E-state index in [1.807, 2.05) is 6.92 Å². The molecule has 0 amide bonds. The van der Waals surface area contributed by atoms with Crippen molar-refractivity contribution in [2.75, 3.05) is 24.7 Å². The smallest absolute Gasteiger partial charge is 0.153 e. The van der Waals surface area contributed by atoms with E-state index in [1.54, 1.807) is 0 Å². The Bertz CT molecular complexity index is 309. The lowest BCUT2D eigenvalue weighted by Gasteiger charge is -2.33. The van der Waals surface area contributed by atoms with Gasteiger partial charge in [-0.05, 0) is 12.8 Å². The van der Waals surface area contributed by atoms with Gasteiger partial charge in [0.2, 0.25) is 0 Å². The minimum Gasteiger partial charge on any atom is -0.381 e. The molecule has 2 saturated heterocycles. The van der Waals surface area contributed by atoms with Gasteiger partial charge in [-0.2, -0.15) is 0 Å². The zero-order chi connectivity index (χ0) is 10.9. The van der Waals surface area contributed by atoms with E-state index >= 15 is 0 Å². The second kappa shape index (κ2) is 4.39. The van der Waals surface area contributed by atoms with Crippen molar-refractivity contribution in [1.29, 1.82) is 0 Å². The molecule has 0 aromatic rings. The highest BCUT2D eigenvalue weighted by Crippen LogP contribution is 2.22. The highest BCUT2D eigenvalue weighted by molar-refractivity contribution is 7.91. The Hall–Kier alpha value is -0.130. The monoisotopic (exact) mass is 233 g/mol. The van der Waals surface area contributed by atoms with Crippen LogP contribution in [0.5, 0.6) is 0 Å². The normalized spacial score (nSPS) is 40.5. The van der Waals surface area contributed by atoms with E-state index in [0.29, 0.717) is 18.3 Å². The molecule has 88 valence electrons. The van der Waals surface area contributed by atoms with Crippen LogP contribution in [0.1, 0.15) is 19.8 Å². The van der Waals surface area contributed by atoms with Gasteiger partial charge < -0.3 is 10.1 Å². The molecule has 0 saturated carbocycles. The Kier molecular flexibility index (Phi) is 3.33. The first-order chi connectivity index (χ1) is 7.11. The first-order valence-electron chi connectivity index (χ1n) is 5.65. The van der Waals surface area contributed by atoms with Crippen LogP contribution in [-0.4, -0.2) is 45.2 Å². The molecule has 0 bridgehead atoms. The third kappa shape index (κ3) is 2.71. The van der Waals surface area contributed by atoms with Crippen LogP contribution < -0.4 is 5.32 Å². The second-order valence-corrected chi connectivity index (χ2v) is 6.73. The maximum atomic E-state index is 11.7. The fraction of sp³-hybridized carbons (Fsp3) is 1.00. The highest BCUT2D eigenvalue weighted by atomic mass is 32.2. The third-order valence-corrected chi connectivity index (χ3v) is 5.14. The first-order valence-corrected chi connectivity index (χ1v) is 7.47. The van der Waals surface area contributed by atoms with Crippen molar-refractivity contribution in [1.82, 2.24) is 5.32 Å². The topological polar surface area (TPSA) is 55.4 Å². The van der Waals surface area contributed by atoms with Crippen molar-refractivity contribution in [3.63, 3.8) is 0 Å². The maximum absolute atomic E-state index is 11.7. The van der Waals surface area contributed by atoms with Crippen LogP contribution in [0.25, 0.3) is 0 Å². The van der Waals surface area contributed by atoms with Gasteiger partial charge in [-0.1, -0.05) is 6.92 Å². The van der Waals surface area contributed by atoms with E-state index in [1.165, 1.54) is 0 Å². The molecule has 2 aliphatic rings. The molecule has 0 radical (unpaired) electrons. The minimum absolute atomic E-state index is 0.108. The van der Waals surface area contributed by atoms with E-state index in [2.05, 4.69) is 5.32 Å². The predicted molar refractivity (Wildman–Crippen MR) is 58.6 cm³/mol. The van der Waals surface area contributed by atoms with Crippen molar-refractivity contribution >= 4 is 9.84 Å². The number of ether oxygens (including phenoxy) is 1. The average Bonchev–Trinajstić information content (AvgIpc) is 2.68. The van der Waals surface area contributed by atoms with Crippen molar-refractivity contribution in [3.8, 4) is 0 Å². The van der Waals surface area contributed by atoms with Crippen molar-refractivity contribution in [3.05, 3.63) is 0 Å². The number of hydrogen-bond donors (Lipinski definition) is 1. The van der Waals surface area contributed by atoms with Crippen LogP contribution in [-0.2, 0) is 14.6 Å². The minimum atomic E-state index is -2.85. The van der Waals surface area contributed by atoms with Gasteiger partial charge in [-0.3, -0.25) is 0 Å². The molecule has 4 nitrogen and oxygen atoms in total.